The second-order valence-electron chi connectivity index (χ2n) is 4.83. The van der Waals surface area contributed by atoms with Crippen LogP contribution in [0.4, 0.5) is 0 Å². The molecule has 1 N–H and O–H groups in total. The summed E-state index contributed by atoms with van der Waals surface area (Å²) in [4.78, 5) is 2.37. The average Bonchev–Trinajstić information content (AvgIpc) is 2.01. The fraction of sp³-hybridized carbons (Fsp3) is 0.909. The first kappa shape index (κ1) is 11.0. The first-order valence-corrected chi connectivity index (χ1v) is 5.25. The molecule has 1 aliphatic heterocycles. The Morgan fingerprint density at radius 2 is 2.23 bits per heavy atom. The van der Waals surface area contributed by atoms with Crippen molar-refractivity contribution in [2.75, 3.05) is 19.6 Å². The molecule has 0 saturated carbocycles. The smallest absolute Gasteiger partial charge is 0.0594 e. The number of piperidine rings is 1. The molecule has 0 bridgehead atoms. The van der Waals surface area contributed by atoms with Gasteiger partial charge in [0.05, 0.1) is 5.60 Å². The van der Waals surface area contributed by atoms with Crippen molar-refractivity contribution in [3.63, 3.8) is 0 Å². The standard InChI is InChI=1S/C11H22NO/c1-4-12-7-5-6-10(9-12)8-11(2,3)13/h10,13H,1,4-9H2,2-3H3/t10-/m0/s1. The van der Waals surface area contributed by atoms with Crippen LogP contribution in [-0.4, -0.2) is 35.2 Å². The van der Waals surface area contributed by atoms with Gasteiger partial charge in [0.1, 0.15) is 0 Å². The molecule has 0 unspecified atom stereocenters. The summed E-state index contributed by atoms with van der Waals surface area (Å²) in [6, 6.07) is 0. The fourth-order valence-electron chi connectivity index (χ4n) is 2.23. The molecule has 1 atom stereocenters. The van der Waals surface area contributed by atoms with Gasteiger partial charge in [-0.05, 0) is 59.0 Å². The Morgan fingerprint density at radius 3 is 2.77 bits per heavy atom. The van der Waals surface area contributed by atoms with Crippen LogP contribution in [-0.2, 0) is 0 Å². The van der Waals surface area contributed by atoms with Crippen LogP contribution in [0.15, 0.2) is 0 Å². The quantitative estimate of drug-likeness (QED) is 0.721. The van der Waals surface area contributed by atoms with E-state index < -0.39 is 5.60 Å². The van der Waals surface area contributed by atoms with E-state index in [1.54, 1.807) is 0 Å². The van der Waals surface area contributed by atoms with Crippen molar-refractivity contribution in [1.29, 1.82) is 0 Å². The molecule has 1 aliphatic rings. The Labute approximate surface area is 81.9 Å². The zero-order chi connectivity index (χ0) is 9.90. The Hall–Kier alpha value is -0.0800. The molecule has 0 amide bonds. The molecule has 0 aromatic heterocycles. The summed E-state index contributed by atoms with van der Waals surface area (Å²) >= 11 is 0. The number of rotatable bonds is 3. The third-order valence-electron chi connectivity index (χ3n) is 2.71. The van der Waals surface area contributed by atoms with Gasteiger partial charge in [-0.1, -0.05) is 0 Å². The van der Waals surface area contributed by atoms with E-state index in [2.05, 4.69) is 11.8 Å². The van der Waals surface area contributed by atoms with Gasteiger partial charge < -0.3 is 10.0 Å². The van der Waals surface area contributed by atoms with Crippen LogP contribution < -0.4 is 0 Å². The number of likely N-dealkylation sites (tertiary alicyclic amines) is 1. The lowest BCUT2D eigenvalue weighted by atomic mass is 9.87. The monoisotopic (exact) mass is 184 g/mol. The van der Waals surface area contributed by atoms with Gasteiger partial charge >= 0.3 is 0 Å². The molecule has 13 heavy (non-hydrogen) atoms. The van der Waals surface area contributed by atoms with Crippen LogP contribution in [0, 0.1) is 12.8 Å². The molecule has 2 nitrogen and oxygen atoms in total. The van der Waals surface area contributed by atoms with Crippen molar-refractivity contribution < 1.29 is 5.11 Å². The van der Waals surface area contributed by atoms with Crippen molar-refractivity contribution >= 4 is 0 Å². The minimum Gasteiger partial charge on any atom is -0.390 e. The third kappa shape index (κ3) is 4.10. The first-order valence-electron chi connectivity index (χ1n) is 5.25. The van der Waals surface area contributed by atoms with Gasteiger partial charge in [0.25, 0.3) is 0 Å². The molecule has 1 radical (unpaired) electrons. The highest BCUT2D eigenvalue weighted by atomic mass is 16.3. The van der Waals surface area contributed by atoms with Crippen LogP contribution in [0.1, 0.15) is 33.1 Å². The minimum absolute atomic E-state index is 0.505. The molecule has 2 heteroatoms. The average molecular weight is 184 g/mol. The second-order valence-corrected chi connectivity index (χ2v) is 4.83. The largest absolute Gasteiger partial charge is 0.390 e. The van der Waals surface area contributed by atoms with Crippen molar-refractivity contribution in [1.82, 2.24) is 4.90 Å². The predicted molar refractivity (Wildman–Crippen MR) is 55.4 cm³/mol. The highest BCUT2D eigenvalue weighted by molar-refractivity contribution is 4.78. The van der Waals surface area contributed by atoms with E-state index in [1.807, 2.05) is 13.8 Å². The van der Waals surface area contributed by atoms with E-state index in [4.69, 9.17) is 0 Å². The maximum atomic E-state index is 9.69. The van der Waals surface area contributed by atoms with Gasteiger partial charge in [0.15, 0.2) is 0 Å². The molecule has 1 rings (SSSR count). The zero-order valence-corrected chi connectivity index (χ0v) is 8.92. The van der Waals surface area contributed by atoms with E-state index in [0.29, 0.717) is 5.92 Å². The number of hydrogen-bond donors (Lipinski definition) is 1. The molecule has 0 aromatic carbocycles. The minimum atomic E-state index is -0.505. The van der Waals surface area contributed by atoms with Crippen LogP contribution in [0.5, 0.6) is 0 Å². The van der Waals surface area contributed by atoms with E-state index in [9.17, 15) is 5.11 Å². The van der Waals surface area contributed by atoms with Gasteiger partial charge in [0, 0.05) is 6.54 Å². The normalized spacial score (nSPS) is 26.3. The van der Waals surface area contributed by atoms with Gasteiger partial charge in [-0.2, -0.15) is 0 Å². The van der Waals surface area contributed by atoms with E-state index in [-0.39, 0.29) is 0 Å². The van der Waals surface area contributed by atoms with Crippen molar-refractivity contribution in [3.05, 3.63) is 6.92 Å². The summed E-state index contributed by atoms with van der Waals surface area (Å²) in [6.45, 7) is 10.9. The lowest BCUT2D eigenvalue weighted by Crippen LogP contribution is -2.38. The highest BCUT2D eigenvalue weighted by Crippen LogP contribution is 2.24. The Bertz CT molecular complexity index is 151. The molecule has 1 saturated heterocycles. The number of hydrogen-bond acceptors (Lipinski definition) is 2. The zero-order valence-electron chi connectivity index (χ0n) is 8.92. The summed E-state index contributed by atoms with van der Waals surface area (Å²) in [5, 5.41) is 9.69. The summed E-state index contributed by atoms with van der Waals surface area (Å²) in [5.41, 5.74) is -0.505. The SMILES string of the molecule is [CH2]CN1CCC[C@@H](CC(C)(C)O)C1. The van der Waals surface area contributed by atoms with Crippen molar-refractivity contribution in [3.8, 4) is 0 Å². The van der Waals surface area contributed by atoms with E-state index in [0.717, 1.165) is 19.5 Å². The summed E-state index contributed by atoms with van der Waals surface area (Å²) in [6.07, 6.45) is 3.44. The topological polar surface area (TPSA) is 23.5 Å². The molecule has 77 valence electrons. The maximum absolute atomic E-state index is 9.69. The molecular formula is C11H22NO. The van der Waals surface area contributed by atoms with Gasteiger partial charge in [-0.25, -0.2) is 0 Å². The predicted octanol–water partition coefficient (Wildman–Crippen LogP) is 1.69. The Kier molecular flexibility index (Phi) is 3.74. The molecule has 0 aromatic rings. The molecule has 1 fully saturated rings. The summed E-state index contributed by atoms with van der Waals surface area (Å²) in [5.74, 6) is 0.662. The van der Waals surface area contributed by atoms with E-state index >= 15 is 0 Å². The molecule has 0 aliphatic carbocycles. The molecule has 0 spiro atoms. The van der Waals surface area contributed by atoms with E-state index in [1.165, 1.54) is 19.4 Å². The number of aliphatic hydroxyl groups is 1. The summed E-state index contributed by atoms with van der Waals surface area (Å²) < 4.78 is 0. The van der Waals surface area contributed by atoms with Gasteiger partial charge in [-0.15, -0.1) is 0 Å². The van der Waals surface area contributed by atoms with Gasteiger partial charge in [-0.3, -0.25) is 0 Å². The summed E-state index contributed by atoms with van der Waals surface area (Å²) in [7, 11) is 0. The molecular weight excluding hydrogens is 162 g/mol. The van der Waals surface area contributed by atoms with Crippen LogP contribution >= 0.6 is 0 Å². The van der Waals surface area contributed by atoms with Crippen LogP contribution in [0.3, 0.4) is 0 Å². The number of nitrogens with zero attached hydrogens (tertiary/aromatic N) is 1. The lowest BCUT2D eigenvalue weighted by Gasteiger charge is -2.34. The molecule has 1 heterocycles. The van der Waals surface area contributed by atoms with Crippen molar-refractivity contribution in [2.24, 2.45) is 5.92 Å². The Morgan fingerprint density at radius 1 is 1.54 bits per heavy atom. The van der Waals surface area contributed by atoms with Crippen molar-refractivity contribution in [2.45, 2.75) is 38.7 Å². The van der Waals surface area contributed by atoms with Crippen LogP contribution in [0.25, 0.3) is 0 Å². The lowest BCUT2D eigenvalue weighted by molar-refractivity contribution is 0.0356. The maximum Gasteiger partial charge on any atom is 0.0594 e. The Balaban J connectivity index is 2.34. The van der Waals surface area contributed by atoms with Crippen LogP contribution in [0.2, 0.25) is 0 Å². The highest BCUT2D eigenvalue weighted by Gasteiger charge is 2.24. The second kappa shape index (κ2) is 4.43. The van der Waals surface area contributed by atoms with Gasteiger partial charge in [0.2, 0.25) is 0 Å². The first-order chi connectivity index (χ1) is 6.01. The third-order valence-corrected chi connectivity index (χ3v) is 2.71. The fourth-order valence-corrected chi connectivity index (χ4v) is 2.23.